The summed E-state index contributed by atoms with van der Waals surface area (Å²) >= 11 is 0. The molecule has 0 saturated heterocycles. The third kappa shape index (κ3) is 3.97. The molecule has 1 saturated carbocycles. The number of nitrogens with zero attached hydrogens (tertiary/aromatic N) is 3. The van der Waals surface area contributed by atoms with Crippen molar-refractivity contribution in [3.63, 3.8) is 0 Å². The fraction of sp³-hybridized carbons (Fsp3) is 0.692. The molecule has 0 aliphatic heterocycles. The van der Waals surface area contributed by atoms with Crippen molar-refractivity contribution in [3.05, 3.63) is 18.0 Å². The number of aromatic nitrogens is 2. The highest BCUT2D eigenvalue weighted by Crippen LogP contribution is 2.28. The molecule has 1 aliphatic carbocycles. The van der Waals surface area contributed by atoms with Gasteiger partial charge in [0, 0.05) is 18.8 Å². The van der Waals surface area contributed by atoms with Gasteiger partial charge in [-0.1, -0.05) is 0 Å². The molecule has 0 aromatic carbocycles. The summed E-state index contributed by atoms with van der Waals surface area (Å²) < 4.78 is 38.5. The van der Waals surface area contributed by atoms with Crippen LogP contribution in [0, 0.1) is 11.3 Å². The Morgan fingerprint density at radius 3 is 2.70 bits per heavy atom. The first-order chi connectivity index (χ1) is 9.32. The van der Waals surface area contributed by atoms with Crippen molar-refractivity contribution in [1.82, 2.24) is 15.1 Å². The Hall–Kier alpha value is -1.55. The van der Waals surface area contributed by atoms with Crippen molar-refractivity contribution in [2.24, 2.45) is 0 Å². The van der Waals surface area contributed by atoms with E-state index in [0.717, 1.165) is 25.2 Å². The van der Waals surface area contributed by atoms with Crippen LogP contribution in [0.5, 0.6) is 0 Å². The summed E-state index contributed by atoms with van der Waals surface area (Å²) in [4.78, 5) is 0. The van der Waals surface area contributed by atoms with Crippen molar-refractivity contribution < 1.29 is 13.2 Å². The van der Waals surface area contributed by atoms with Gasteiger partial charge in [0.25, 0.3) is 0 Å². The lowest BCUT2D eigenvalue weighted by Crippen LogP contribution is -2.42. The van der Waals surface area contributed by atoms with E-state index < -0.39 is 17.3 Å². The molecule has 1 unspecified atom stereocenters. The molecule has 2 rings (SSSR count). The molecule has 0 spiro atoms. The van der Waals surface area contributed by atoms with E-state index in [2.05, 4.69) is 16.5 Å². The molecule has 7 heteroatoms. The van der Waals surface area contributed by atoms with Crippen LogP contribution in [0.25, 0.3) is 0 Å². The Labute approximate surface area is 115 Å². The van der Waals surface area contributed by atoms with E-state index in [1.54, 1.807) is 0 Å². The summed E-state index contributed by atoms with van der Waals surface area (Å²) in [6, 6.07) is 2.66. The van der Waals surface area contributed by atoms with Gasteiger partial charge in [0.1, 0.15) is 5.54 Å². The van der Waals surface area contributed by atoms with E-state index in [1.165, 1.54) is 4.68 Å². The van der Waals surface area contributed by atoms with E-state index >= 15 is 0 Å². The lowest BCUT2D eigenvalue weighted by atomic mass is 9.97. The van der Waals surface area contributed by atoms with Crippen molar-refractivity contribution in [3.8, 4) is 6.07 Å². The van der Waals surface area contributed by atoms with E-state index in [-0.39, 0.29) is 0 Å². The molecule has 0 amide bonds. The molecule has 1 heterocycles. The van der Waals surface area contributed by atoms with Crippen LogP contribution in [0.3, 0.4) is 0 Å². The van der Waals surface area contributed by atoms with Gasteiger partial charge < -0.3 is 0 Å². The normalized spacial score (nSPS) is 18.6. The van der Waals surface area contributed by atoms with Crippen LogP contribution in [0.1, 0.15) is 38.2 Å². The molecule has 0 bridgehead atoms. The first kappa shape index (κ1) is 14.9. The van der Waals surface area contributed by atoms with Gasteiger partial charge in [-0.3, -0.25) is 10.00 Å². The molecule has 110 valence electrons. The number of halogens is 3. The van der Waals surface area contributed by atoms with Gasteiger partial charge in [-0.25, -0.2) is 0 Å². The fourth-order valence-corrected chi connectivity index (χ4v) is 2.07. The topological polar surface area (TPSA) is 53.6 Å². The minimum atomic E-state index is -4.35. The lowest BCUT2D eigenvalue weighted by molar-refractivity contribution is -0.137. The SMILES string of the molecule is CC(C#N)(CCCn1cc(C(F)(F)F)cn1)NC1CC1. The lowest BCUT2D eigenvalue weighted by Gasteiger charge is -2.23. The Kier molecular flexibility index (Phi) is 4.04. The largest absolute Gasteiger partial charge is 0.419 e. The van der Waals surface area contributed by atoms with E-state index in [4.69, 9.17) is 0 Å². The summed E-state index contributed by atoms with van der Waals surface area (Å²) in [6.07, 6.45) is 0.831. The Morgan fingerprint density at radius 2 is 2.20 bits per heavy atom. The van der Waals surface area contributed by atoms with Gasteiger partial charge in [0.15, 0.2) is 0 Å². The van der Waals surface area contributed by atoms with Gasteiger partial charge in [-0.15, -0.1) is 0 Å². The molecule has 4 nitrogen and oxygen atoms in total. The minimum Gasteiger partial charge on any atom is -0.297 e. The number of rotatable bonds is 6. The number of hydrogen-bond donors (Lipinski definition) is 1. The maximum absolute atomic E-state index is 12.4. The van der Waals surface area contributed by atoms with E-state index in [1.807, 2.05) is 6.92 Å². The minimum absolute atomic E-state index is 0.375. The van der Waals surface area contributed by atoms with Gasteiger partial charge in [0.05, 0.1) is 17.8 Å². The molecule has 20 heavy (non-hydrogen) atoms. The second-order valence-electron chi connectivity index (χ2n) is 5.46. The van der Waals surface area contributed by atoms with Gasteiger partial charge in [-0.05, 0) is 32.6 Å². The number of nitriles is 1. The standard InChI is InChI=1S/C13H17F3N4/c1-12(9-17,19-11-3-4-11)5-2-6-20-8-10(7-18-20)13(14,15)16/h7-8,11,19H,2-6H2,1H3. The summed E-state index contributed by atoms with van der Waals surface area (Å²) in [6.45, 7) is 2.20. The van der Waals surface area contributed by atoms with Crippen LogP contribution in [-0.4, -0.2) is 21.4 Å². The molecule has 1 aromatic rings. The first-order valence-corrected chi connectivity index (χ1v) is 6.61. The second-order valence-corrected chi connectivity index (χ2v) is 5.46. The van der Waals surface area contributed by atoms with Crippen LogP contribution in [0.4, 0.5) is 13.2 Å². The average molecular weight is 286 g/mol. The predicted molar refractivity (Wildman–Crippen MR) is 66.6 cm³/mol. The molecule has 1 atom stereocenters. The number of nitrogens with one attached hydrogen (secondary N) is 1. The van der Waals surface area contributed by atoms with Crippen LogP contribution >= 0.6 is 0 Å². The first-order valence-electron chi connectivity index (χ1n) is 6.61. The fourth-order valence-electron chi connectivity index (χ4n) is 2.07. The van der Waals surface area contributed by atoms with Crippen molar-refractivity contribution in [1.29, 1.82) is 5.26 Å². The van der Waals surface area contributed by atoms with E-state index in [9.17, 15) is 18.4 Å². The highest BCUT2D eigenvalue weighted by molar-refractivity contribution is 5.09. The van der Waals surface area contributed by atoms with Crippen LogP contribution in [-0.2, 0) is 12.7 Å². The molecule has 1 aliphatic rings. The van der Waals surface area contributed by atoms with Crippen LogP contribution in [0.15, 0.2) is 12.4 Å². The molecule has 1 N–H and O–H groups in total. The van der Waals surface area contributed by atoms with Gasteiger partial charge in [-0.2, -0.15) is 23.5 Å². The summed E-state index contributed by atoms with van der Waals surface area (Å²) in [5, 5.41) is 16.1. The van der Waals surface area contributed by atoms with E-state index in [0.29, 0.717) is 25.4 Å². The predicted octanol–water partition coefficient (Wildman–Crippen LogP) is 2.72. The monoisotopic (exact) mass is 286 g/mol. The summed E-state index contributed by atoms with van der Waals surface area (Å²) in [5.41, 5.74) is -1.35. The van der Waals surface area contributed by atoms with Gasteiger partial charge >= 0.3 is 6.18 Å². The zero-order valence-corrected chi connectivity index (χ0v) is 11.2. The third-order valence-corrected chi connectivity index (χ3v) is 3.37. The smallest absolute Gasteiger partial charge is 0.297 e. The Balaban J connectivity index is 1.83. The molecule has 0 radical (unpaired) electrons. The summed E-state index contributed by atoms with van der Waals surface area (Å²) in [5.74, 6) is 0. The van der Waals surface area contributed by atoms with Crippen molar-refractivity contribution in [2.45, 2.75) is 56.9 Å². The average Bonchev–Trinajstić information content (AvgIpc) is 3.02. The highest BCUT2D eigenvalue weighted by Gasteiger charge is 2.33. The zero-order valence-electron chi connectivity index (χ0n) is 11.2. The Bertz CT molecular complexity index is 498. The molecule has 1 fully saturated rings. The Morgan fingerprint density at radius 1 is 1.50 bits per heavy atom. The summed E-state index contributed by atoms with van der Waals surface area (Å²) in [7, 11) is 0. The molecular weight excluding hydrogens is 269 g/mol. The third-order valence-electron chi connectivity index (χ3n) is 3.37. The van der Waals surface area contributed by atoms with Crippen molar-refractivity contribution in [2.75, 3.05) is 0 Å². The maximum Gasteiger partial charge on any atom is 0.419 e. The van der Waals surface area contributed by atoms with Gasteiger partial charge in [0.2, 0.25) is 0 Å². The number of aryl methyl sites for hydroxylation is 1. The van der Waals surface area contributed by atoms with Crippen LogP contribution < -0.4 is 5.32 Å². The van der Waals surface area contributed by atoms with Crippen LogP contribution in [0.2, 0.25) is 0 Å². The maximum atomic E-state index is 12.4. The molecular formula is C13H17F3N4. The quantitative estimate of drug-likeness (QED) is 0.874. The molecule has 1 aromatic heterocycles. The number of alkyl halides is 3. The second kappa shape index (κ2) is 5.44. The highest BCUT2D eigenvalue weighted by atomic mass is 19.4. The zero-order chi connectivity index (χ0) is 14.8. The van der Waals surface area contributed by atoms with Crippen molar-refractivity contribution >= 4 is 0 Å². The number of hydrogen-bond acceptors (Lipinski definition) is 3.